The molecular weight excluding hydrogens is 336 g/mol. The number of benzene rings is 1. The second-order valence-electron chi connectivity index (χ2n) is 5.73. The zero-order valence-corrected chi connectivity index (χ0v) is 14.8. The number of carbonyl (C=O) groups is 2. The third-order valence-electron chi connectivity index (χ3n) is 4.08. The van der Waals surface area contributed by atoms with Crippen LogP contribution in [-0.4, -0.2) is 23.6 Å². The van der Waals surface area contributed by atoms with Gasteiger partial charge in [-0.25, -0.2) is 0 Å². The number of hydrogen-bond acceptors (Lipinski definition) is 4. The average Bonchev–Trinajstić information content (AvgIpc) is 3.29. The Kier molecular flexibility index (Phi) is 5.50. The van der Waals surface area contributed by atoms with Crippen LogP contribution in [0, 0.1) is 0 Å². The van der Waals surface area contributed by atoms with Crippen LogP contribution in [0.1, 0.15) is 23.8 Å². The summed E-state index contributed by atoms with van der Waals surface area (Å²) in [6.07, 6.45) is 2.47. The number of nitrogens with one attached hydrogen (secondary N) is 1. The molecule has 0 bridgehead atoms. The first-order valence-corrected chi connectivity index (χ1v) is 8.99. The van der Waals surface area contributed by atoms with E-state index >= 15 is 0 Å². The molecule has 1 atom stereocenters. The Morgan fingerprint density at radius 3 is 2.80 bits per heavy atom. The Morgan fingerprint density at radius 1 is 1.20 bits per heavy atom. The number of methoxy groups -OCH3 is 1. The second kappa shape index (κ2) is 7.98. The van der Waals surface area contributed by atoms with E-state index in [1.165, 1.54) is 18.4 Å². The van der Waals surface area contributed by atoms with Crippen molar-refractivity contribution in [2.75, 3.05) is 7.11 Å². The van der Waals surface area contributed by atoms with Crippen molar-refractivity contribution in [2.24, 2.45) is 0 Å². The van der Waals surface area contributed by atoms with E-state index in [1.54, 1.807) is 0 Å². The third-order valence-corrected chi connectivity index (χ3v) is 5.07. The largest absolute Gasteiger partial charge is 0.469 e. The number of para-hydroxylation sites is 1. The standard InChI is InChI=1S/C19H20N2O3S/c1-24-19(23)13-15(17-7-4-12-25-17)20-18(22)9-11-21-10-8-14-5-2-3-6-16(14)21/h2-8,10,12,15H,9,11,13H2,1H3,(H,20,22)/t15-/m1/s1. The maximum atomic E-state index is 12.4. The minimum Gasteiger partial charge on any atom is -0.469 e. The lowest BCUT2D eigenvalue weighted by Crippen LogP contribution is -2.30. The van der Waals surface area contributed by atoms with E-state index in [2.05, 4.69) is 16.0 Å². The maximum absolute atomic E-state index is 12.4. The number of carbonyl (C=O) groups excluding carboxylic acids is 2. The number of esters is 1. The molecule has 1 aromatic carbocycles. The van der Waals surface area contributed by atoms with E-state index in [0.717, 1.165) is 15.8 Å². The summed E-state index contributed by atoms with van der Waals surface area (Å²) in [7, 11) is 1.35. The second-order valence-corrected chi connectivity index (χ2v) is 6.71. The van der Waals surface area contributed by atoms with Crippen LogP contribution in [0.5, 0.6) is 0 Å². The van der Waals surface area contributed by atoms with Gasteiger partial charge in [0.25, 0.3) is 0 Å². The van der Waals surface area contributed by atoms with E-state index in [4.69, 9.17) is 4.74 Å². The number of aromatic nitrogens is 1. The molecule has 130 valence electrons. The van der Waals surface area contributed by atoms with Crippen molar-refractivity contribution in [3.63, 3.8) is 0 Å². The molecule has 0 aliphatic carbocycles. The van der Waals surface area contributed by atoms with Gasteiger partial charge < -0.3 is 14.6 Å². The lowest BCUT2D eigenvalue weighted by Gasteiger charge is -2.16. The quantitative estimate of drug-likeness (QED) is 0.659. The van der Waals surface area contributed by atoms with Crippen LogP contribution in [0.3, 0.4) is 0 Å². The van der Waals surface area contributed by atoms with Crippen LogP contribution in [0.25, 0.3) is 10.9 Å². The molecule has 0 saturated heterocycles. The van der Waals surface area contributed by atoms with Gasteiger partial charge in [-0.1, -0.05) is 24.3 Å². The highest BCUT2D eigenvalue weighted by Gasteiger charge is 2.19. The minimum atomic E-state index is -0.346. The van der Waals surface area contributed by atoms with E-state index in [-0.39, 0.29) is 24.3 Å². The molecule has 0 spiro atoms. The molecule has 1 amide bonds. The molecule has 1 N–H and O–H groups in total. The molecule has 0 radical (unpaired) electrons. The Morgan fingerprint density at radius 2 is 2.04 bits per heavy atom. The number of rotatable bonds is 7. The maximum Gasteiger partial charge on any atom is 0.307 e. The van der Waals surface area contributed by atoms with Gasteiger partial charge in [0.2, 0.25) is 5.91 Å². The topological polar surface area (TPSA) is 60.3 Å². The summed E-state index contributed by atoms with van der Waals surface area (Å²) >= 11 is 1.52. The van der Waals surface area contributed by atoms with Gasteiger partial charge in [-0.2, -0.15) is 0 Å². The summed E-state index contributed by atoms with van der Waals surface area (Å²) in [5, 5.41) is 6.04. The fourth-order valence-electron chi connectivity index (χ4n) is 2.79. The lowest BCUT2D eigenvalue weighted by molar-refractivity contribution is -0.141. The van der Waals surface area contributed by atoms with Crippen molar-refractivity contribution < 1.29 is 14.3 Å². The number of fused-ring (bicyclic) bond motifs is 1. The number of nitrogens with zero attached hydrogens (tertiary/aromatic N) is 1. The summed E-state index contributed by atoms with van der Waals surface area (Å²) in [5.41, 5.74) is 1.11. The zero-order chi connectivity index (χ0) is 17.6. The van der Waals surface area contributed by atoms with Crippen molar-refractivity contribution in [1.29, 1.82) is 0 Å². The third kappa shape index (κ3) is 4.28. The van der Waals surface area contributed by atoms with Crippen LogP contribution in [0.15, 0.2) is 54.0 Å². The predicted molar refractivity (Wildman–Crippen MR) is 98.4 cm³/mol. The van der Waals surface area contributed by atoms with Gasteiger partial charge in [-0.05, 0) is 29.0 Å². The van der Waals surface area contributed by atoms with Gasteiger partial charge in [-0.15, -0.1) is 11.3 Å². The first-order chi connectivity index (χ1) is 12.2. The predicted octanol–water partition coefficient (Wildman–Crippen LogP) is 3.51. The van der Waals surface area contributed by atoms with Crippen LogP contribution in [0.2, 0.25) is 0 Å². The first kappa shape index (κ1) is 17.2. The molecule has 0 fully saturated rings. The van der Waals surface area contributed by atoms with Crippen molar-refractivity contribution in [3.05, 3.63) is 58.9 Å². The van der Waals surface area contributed by atoms with Gasteiger partial charge in [0.1, 0.15) is 0 Å². The first-order valence-electron chi connectivity index (χ1n) is 8.11. The Bertz CT molecular complexity index is 855. The SMILES string of the molecule is COC(=O)C[C@@H](NC(=O)CCn1ccc2ccccc21)c1cccs1. The van der Waals surface area contributed by atoms with Crippen molar-refractivity contribution in [2.45, 2.75) is 25.4 Å². The molecule has 5 nitrogen and oxygen atoms in total. The highest BCUT2D eigenvalue weighted by Crippen LogP contribution is 2.23. The summed E-state index contributed by atoms with van der Waals surface area (Å²) in [5.74, 6) is -0.421. The molecule has 0 aliphatic heterocycles. The lowest BCUT2D eigenvalue weighted by atomic mass is 10.1. The Hall–Kier alpha value is -2.60. The van der Waals surface area contributed by atoms with Crippen molar-refractivity contribution >= 4 is 34.1 Å². The monoisotopic (exact) mass is 356 g/mol. The molecule has 3 aromatic rings. The molecule has 25 heavy (non-hydrogen) atoms. The number of aryl methyl sites for hydroxylation is 1. The van der Waals surface area contributed by atoms with Gasteiger partial charge in [0.15, 0.2) is 0 Å². The van der Waals surface area contributed by atoms with Crippen LogP contribution in [0.4, 0.5) is 0 Å². The fraction of sp³-hybridized carbons (Fsp3) is 0.263. The highest BCUT2D eigenvalue weighted by atomic mass is 32.1. The highest BCUT2D eigenvalue weighted by molar-refractivity contribution is 7.10. The summed E-state index contributed by atoms with van der Waals surface area (Å²) in [4.78, 5) is 24.9. The fourth-order valence-corrected chi connectivity index (χ4v) is 3.56. The normalized spacial score (nSPS) is 12.0. The van der Waals surface area contributed by atoms with E-state index < -0.39 is 0 Å². The van der Waals surface area contributed by atoms with Gasteiger partial charge in [0, 0.05) is 29.6 Å². The van der Waals surface area contributed by atoms with Gasteiger partial charge in [0.05, 0.1) is 19.6 Å². The zero-order valence-electron chi connectivity index (χ0n) is 14.0. The summed E-state index contributed by atoms with van der Waals surface area (Å²) in [6.45, 7) is 0.592. The molecule has 0 saturated carbocycles. The molecule has 0 aliphatic rings. The minimum absolute atomic E-state index is 0.0833. The molecule has 2 aromatic heterocycles. The van der Waals surface area contributed by atoms with E-state index in [0.29, 0.717) is 13.0 Å². The molecule has 3 rings (SSSR count). The van der Waals surface area contributed by atoms with Crippen LogP contribution < -0.4 is 5.32 Å². The van der Waals surface area contributed by atoms with Gasteiger partial charge in [-0.3, -0.25) is 9.59 Å². The number of hydrogen-bond donors (Lipinski definition) is 1. The summed E-state index contributed by atoms with van der Waals surface area (Å²) in [6, 6.07) is 13.6. The average molecular weight is 356 g/mol. The molecular formula is C19H20N2O3S. The number of ether oxygens (including phenoxy) is 1. The Balaban J connectivity index is 1.62. The van der Waals surface area contributed by atoms with Crippen molar-refractivity contribution in [3.8, 4) is 0 Å². The number of thiophene rings is 1. The Labute approximate surface area is 150 Å². The summed E-state index contributed by atoms with van der Waals surface area (Å²) < 4.78 is 6.80. The van der Waals surface area contributed by atoms with E-state index in [1.807, 2.05) is 48.0 Å². The smallest absolute Gasteiger partial charge is 0.307 e. The molecule has 2 heterocycles. The number of amides is 1. The van der Waals surface area contributed by atoms with Crippen LogP contribution >= 0.6 is 11.3 Å². The van der Waals surface area contributed by atoms with E-state index in [9.17, 15) is 9.59 Å². The van der Waals surface area contributed by atoms with Gasteiger partial charge >= 0.3 is 5.97 Å². The van der Waals surface area contributed by atoms with Crippen molar-refractivity contribution in [1.82, 2.24) is 9.88 Å². The molecule has 0 unspecified atom stereocenters. The van der Waals surface area contributed by atoms with Crippen LogP contribution in [-0.2, 0) is 20.9 Å². The molecule has 6 heteroatoms.